The molecule has 2 saturated heterocycles. The Morgan fingerprint density at radius 2 is 2.00 bits per heavy atom. The van der Waals surface area contributed by atoms with Crippen molar-refractivity contribution in [2.75, 3.05) is 24.7 Å². The van der Waals surface area contributed by atoms with Gasteiger partial charge >= 0.3 is 13.6 Å². The van der Waals surface area contributed by atoms with Gasteiger partial charge in [0, 0.05) is 17.9 Å². The summed E-state index contributed by atoms with van der Waals surface area (Å²) in [7, 11) is 0. The van der Waals surface area contributed by atoms with Crippen LogP contribution in [0.15, 0.2) is 23.4 Å². The number of nitrogens with zero attached hydrogens (tertiary/aromatic N) is 7. The molecule has 0 bridgehead atoms. The zero-order valence-corrected chi connectivity index (χ0v) is 26.6. The van der Waals surface area contributed by atoms with E-state index in [2.05, 4.69) is 54.7 Å². The third kappa shape index (κ3) is 6.64. The third-order valence-corrected chi connectivity index (χ3v) is 10.8. The fourth-order valence-electron chi connectivity index (χ4n) is 4.97. The summed E-state index contributed by atoms with van der Waals surface area (Å²) < 4.78 is 65.0. The molecular weight excluding hydrogens is 685 g/mol. The first-order valence-electron chi connectivity index (χ1n) is 12.8. The summed E-state index contributed by atoms with van der Waals surface area (Å²) in [5.74, 6) is 0.0593. The number of rotatable bonds is 10. The molecular formula is C20H25FN10O8P2S3. The summed E-state index contributed by atoms with van der Waals surface area (Å²) in [5, 5.41) is 7.12. The number of hydrogen-bond donors (Lipinski definition) is 6. The first kappa shape index (κ1) is 31.7. The second-order valence-corrected chi connectivity index (χ2v) is 16.9. The van der Waals surface area contributed by atoms with Crippen LogP contribution in [-0.4, -0.2) is 81.2 Å². The average Bonchev–Trinajstić information content (AvgIpc) is 3.71. The number of thioether (sulfide) groups is 1. The van der Waals surface area contributed by atoms with Gasteiger partial charge in [0.15, 0.2) is 17.4 Å². The van der Waals surface area contributed by atoms with Gasteiger partial charge in [0.2, 0.25) is 5.95 Å². The molecule has 6 rings (SSSR count). The van der Waals surface area contributed by atoms with Crippen molar-refractivity contribution < 1.29 is 36.7 Å². The Bertz CT molecular complexity index is 1860. The van der Waals surface area contributed by atoms with Gasteiger partial charge in [0.25, 0.3) is 5.56 Å². The van der Waals surface area contributed by atoms with Gasteiger partial charge in [-0.15, -0.1) is 16.9 Å². The molecule has 2 aliphatic heterocycles. The lowest BCUT2D eigenvalue weighted by Gasteiger charge is -2.23. The SMILES string of the molecule is Nc1nc2c(nnn2[C@@H]2S[C@H](COP(=O)(O)S)CC2OP(=O)(S)OC[C@@H]2C[C@H](F)[C@H](n3ccc4c(N)ncnc43)O2)c(=O)[nH]1. The van der Waals surface area contributed by atoms with Crippen molar-refractivity contribution in [1.29, 1.82) is 0 Å². The third-order valence-electron chi connectivity index (χ3n) is 6.80. The van der Waals surface area contributed by atoms with Gasteiger partial charge in [-0.05, 0) is 12.5 Å². The molecule has 0 aliphatic carbocycles. The van der Waals surface area contributed by atoms with Gasteiger partial charge < -0.3 is 25.7 Å². The standard InChI is InChI=1S/C20H25FN10O8P2S3/c21-11-3-8(38-18(11)30-2-1-10-14(22)24-7-25-15(10)30)5-37-41(35,43)39-12-4-9(6-36-40(33,34)42)44-19(12)31-16-13(28-29-31)17(32)27-20(23)26-16/h1-2,7-9,11-12,18-19H,3-6H2,(H,35,43)(H2,22,24,25)(H2,33,34,42)(H3,23,26,27,32)/t8-,9-,11-,12?,18+,19+,41?/m0/s1. The number of alkyl halides is 1. The highest BCUT2D eigenvalue weighted by atomic mass is 32.7. The van der Waals surface area contributed by atoms with Crippen molar-refractivity contribution in [2.24, 2.45) is 0 Å². The Balaban J connectivity index is 1.16. The summed E-state index contributed by atoms with van der Waals surface area (Å²) in [6.07, 6.45) is -1.33. The molecule has 6 heterocycles. The second-order valence-electron chi connectivity index (χ2n) is 9.86. The molecule has 24 heteroatoms. The number of hydrogen-bond acceptors (Lipinski definition) is 15. The molecule has 18 nitrogen and oxygen atoms in total. The van der Waals surface area contributed by atoms with Crippen LogP contribution in [0.4, 0.5) is 16.2 Å². The summed E-state index contributed by atoms with van der Waals surface area (Å²) in [6, 6.07) is 1.66. The Morgan fingerprint density at radius 3 is 2.77 bits per heavy atom. The first-order valence-corrected chi connectivity index (χ1v) is 19.1. The number of fused-ring (bicyclic) bond motifs is 2. The predicted molar refractivity (Wildman–Crippen MR) is 163 cm³/mol. The Labute approximate surface area is 261 Å². The lowest BCUT2D eigenvalue weighted by molar-refractivity contribution is -0.0330. The van der Waals surface area contributed by atoms with Crippen molar-refractivity contribution in [2.45, 2.75) is 48.1 Å². The van der Waals surface area contributed by atoms with Crippen LogP contribution in [-0.2, 0) is 27.4 Å². The van der Waals surface area contributed by atoms with Crippen molar-refractivity contribution in [3.05, 3.63) is 28.9 Å². The number of nitrogen functional groups attached to an aromatic ring is 2. The number of aromatic nitrogens is 8. The Hall–Kier alpha value is -2.26. The highest BCUT2D eigenvalue weighted by Crippen LogP contribution is 2.59. The number of nitrogens with one attached hydrogen (secondary N) is 1. The number of aromatic amines is 1. The molecule has 2 fully saturated rings. The van der Waals surface area contributed by atoms with Gasteiger partial charge in [-0.25, -0.2) is 28.2 Å². The van der Waals surface area contributed by atoms with Gasteiger partial charge in [-0.3, -0.25) is 23.3 Å². The molecule has 0 aromatic carbocycles. The lowest BCUT2D eigenvalue weighted by atomic mass is 10.2. The number of nitrogens with two attached hydrogens (primary N) is 2. The fourth-order valence-corrected chi connectivity index (χ4v) is 8.69. The molecule has 44 heavy (non-hydrogen) atoms. The van der Waals surface area contributed by atoms with Crippen molar-refractivity contribution in [3.8, 4) is 0 Å². The normalized spacial score (nSPS) is 28.5. The minimum Gasteiger partial charge on any atom is -0.383 e. The van der Waals surface area contributed by atoms with E-state index in [4.69, 9.17) is 29.8 Å². The molecule has 238 valence electrons. The van der Waals surface area contributed by atoms with Crippen molar-refractivity contribution >= 4 is 83.8 Å². The predicted octanol–water partition coefficient (Wildman–Crippen LogP) is 2.24. The molecule has 0 spiro atoms. The van der Waals surface area contributed by atoms with Gasteiger partial charge in [0.1, 0.15) is 35.4 Å². The summed E-state index contributed by atoms with van der Waals surface area (Å²) in [6.45, 7) is -8.78. The van der Waals surface area contributed by atoms with E-state index in [0.717, 1.165) is 0 Å². The Morgan fingerprint density at radius 1 is 1.20 bits per heavy atom. The van der Waals surface area contributed by atoms with Gasteiger partial charge in [0.05, 0.1) is 24.7 Å². The van der Waals surface area contributed by atoms with E-state index >= 15 is 4.39 Å². The topological polar surface area (TPSA) is 250 Å². The minimum absolute atomic E-state index is 0.0276. The van der Waals surface area contributed by atoms with Crippen LogP contribution in [0.1, 0.15) is 24.4 Å². The van der Waals surface area contributed by atoms with E-state index in [9.17, 15) is 18.8 Å². The fraction of sp³-hybridized carbons (Fsp3) is 0.500. The van der Waals surface area contributed by atoms with E-state index in [1.54, 1.807) is 12.3 Å². The summed E-state index contributed by atoms with van der Waals surface area (Å²) in [4.78, 5) is 36.3. The molecule has 8 atom stereocenters. The molecule has 3 unspecified atom stereocenters. The molecule has 4 aromatic heterocycles. The molecule has 0 amide bonds. The van der Waals surface area contributed by atoms with E-state index in [-0.39, 0.29) is 49.0 Å². The van der Waals surface area contributed by atoms with Gasteiger partial charge in [-0.1, -0.05) is 29.7 Å². The largest absolute Gasteiger partial charge is 0.386 e. The van der Waals surface area contributed by atoms with Crippen molar-refractivity contribution in [3.63, 3.8) is 0 Å². The van der Waals surface area contributed by atoms with Crippen molar-refractivity contribution in [1.82, 2.24) is 39.5 Å². The van der Waals surface area contributed by atoms with Crippen LogP contribution in [0.2, 0.25) is 0 Å². The highest BCUT2D eigenvalue weighted by Gasteiger charge is 2.44. The Kier molecular flexibility index (Phi) is 8.76. The maximum absolute atomic E-state index is 15.1. The number of ether oxygens (including phenoxy) is 1. The van der Waals surface area contributed by atoms with Crippen LogP contribution in [0, 0.1) is 0 Å². The summed E-state index contributed by atoms with van der Waals surface area (Å²) >= 11 is 8.82. The van der Waals surface area contributed by atoms with Crippen LogP contribution < -0.4 is 17.0 Å². The number of halogens is 1. The molecule has 4 aromatic rings. The molecule has 0 radical (unpaired) electrons. The average molecular weight is 711 g/mol. The van der Waals surface area contributed by atoms with Gasteiger partial charge in [-0.2, -0.15) is 4.98 Å². The monoisotopic (exact) mass is 710 g/mol. The minimum atomic E-state index is -4.14. The van der Waals surface area contributed by atoms with Crippen LogP contribution in [0.3, 0.4) is 0 Å². The maximum atomic E-state index is 15.1. The number of thiol groups is 2. The zero-order valence-electron chi connectivity index (χ0n) is 22.2. The number of H-pyrrole nitrogens is 1. The smallest absolute Gasteiger partial charge is 0.383 e. The number of anilines is 2. The van der Waals surface area contributed by atoms with E-state index < -0.39 is 54.4 Å². The quantitative estimate of drug-likeness (QED) is 0.102. The molecule has 6 N–H and O–H groups in total. The van der Waals surface area contributed by atoms with E-state index in [1.165, 1.54) is 27.3 Å². The van der Waals surface area contributed by atoms with E-state index in [1.807, 2.05) is 0 Å². The van der Waals surface area contributed by atoms with E-state index in [0.29, 0.717) is 11.0 Å². The molecule has 0 saturated carbocycles. The molecule has 2 aliphatic rings. The maximum Gasteiger partial charge on any atom is 0.386 e. The highest BCUT2D eigenvalue weighted by molar-refractivity contribution is 8.44. The first-order chi connectivity index (χ1) is 20.8. The van der Waals surface area contributed by atoms with Crippen LogP contribution >= 0.6 is 49.9 Å². The summed E-state index contributed by atoms with van der Waals surface area (Å²) in [5.41, 5.74) is 11.3. The lowest BCUT2D eigenvalue weighted by Crippen LogP contribution is -2.22. The van der Waals surface area contributed by atoms with Crippen LogP contribution in [0.25, 0.3) is 22.2 Å². The zero-order chi connectivity index (χ0) is 31.4. The van der Waals surface area contributed by atoms with Crippen LogP contribution in [0.5, 0.6) is 0 Å². The second kappa shape index (κ2) is 12.2.